The molecule has 1 fully saturated rings. The van der Waals surface area contributed by atoms with Gasteiger partial charge >= 0.3 is 0 Å². The first-order chi connectivity index (χ1) is 12.1. The highest BCUT2D eigenvalue weighted by atomic mass is 16.1. The Morgan fingerprint density at radius 2 is 2.08 bits per heavy atom. The van der Waals surface area contributed by atoms with Crippen LogP contribution in [0.2, 0.25) is 0 Å². The third-order valence-electron chi connectivity index (χ3n) is 5.22. The van der Waals surface area contributed by atoms with Gasteiger partial charge in [0.15, 0.2) is 5.66 Å². The number of terminal acetylenes is 1. The largest absolute Gasteiger partial charge is 0.356 e. The fraction of sp³-hybridized carbons (Fsp3) is 0.550. The summed E-state index contributed by atoms with van der Waals surface area (Å²) in [4.78, 5) is 14.6. The van der Waals surface area contributed by atoms with Crippen molar-refractivity contribution in [2.75, 3.05) is 26.7 Å². The van der Waals surface area contributed by atoms with Crippen molar-refractivity contribution in [2.45, 2.75) is 37.3 Å². The van der Waals surface area contributed by atoms with Crippen molar-refractivity contribution >= 4 is 5.91 Å². The maximum atomic E-state index is 12.2. The van der Waals surface area contributed by atoms with Crippen LogP contribution in [0.5, 0.6) is 0 Å². The first-order valence-corrected chi connectivity index (χ1v) is 8.99. The molecule has 2 atom stereocenters. The molecule has 5 heteroatoms. The van der Waals surface area contributed by atoms with Crippen LogP contribution in [-0.4, -0.2) is 43.2 Å². The lowest BCUT2D eigenvalue weighted by atomic mass is 9.89. The van der Waals surface area contributed by atoms with Crippen LogP contribution in [0, 0.1) is 18.3 Å². The highest BCUT2D eigenvalue weighted by Gasteiger charge is 2.39. The van der Waals surface area contributed by atoms with Gasteiger partial charge in [-0.25, -0.2) is 0 Å². The highest BCUT2D eigenvalue weighted by molar-refractivity contribution is 5.76. The molecule has 0 aliphatic carbocycles. The van der Waals surface area contributed by atoms with Gasteiger partial charge in [0.05, 0.1) is 0 Å². The molecule has 0 aromatic heterocycles. The maximum absolute atomic E-state index is 12.2. The average Bonchev–Trinajstić information content (AvgIpc) is 3.31. The number of benzene rings is 1. The molecule has 0 radical (unpaired) electrons. The molecule has 0 unspecified atom stereocenters. The molecule has 2 aliphatic heterocycles. The van der Waals surface area contributed by atoms with E-state index in [2.05, 4.69) is 57.7 Å². The molecule has 2 heterocycles. The molecule has 1 aromatic rings. The number of likely N-dealkylation sites (N-methyl/N-ethyl adjacent to an activating group) is 1. The number of rotatable bonds is 8. The fourth-order valence-corrected chi connectivity index (χ4v) is 3.69. The van der Waals surface area contributed by atoms with E-state index in [1.807, 2.05) is 6.07 Å². The van der Waals surface area contributed by atoms with Crippen molar-refractivity contribution < 1.29 is 4.79 Å². The Morgan fingerprint density at radius 1 is 1.32 bits per heavy atom. The molecule has 1 saturated heterocycles. The summed E-state index contributed by atoms with van der Waals surface area (Å²) in [5, 5.41) is 11.3. The average molecular weight is 338 g/mol. The lowest BCUT2D eigenvalue weighted by Crippen LogP contribution is -2.32. The van der Waals surface area contributed by atoms with Gasteiger partial charge in [-0.2, -0.15) is 10.2 Å². The van der Waals surface area contributed by atoms with E-state index in [1.165, 1.54) is 5.56 Å². The molecular formula is C20H26N4O. The molecule has 132 valence electrons. The Balaban J connectivity index is 1.46. The minimum absolute atomic E-state index is 0.0822. The van der Waals surface area contributed by atoms with E-state index in [-0.39, 0.29) is 11.6 Å². The predicted octanol–water partition coefficient (Wildman–Crippen LogP) is 2.80. The third-order valence-corrected chi connectivity index (χ3v) is 5.22. The molecule has 5 nitrogen and oxygen atoms in total. The quantitative estimate of drug-likeness (QED) is 0.741. The summed E-state index contributed by atoms with van der Waals surface area (Å²) in [5.74, 6) is 3.62. The van der Waals surface area contributed by atoms with Crippen molar-refractivity contribution in [1.82, 2.24) is 10.2 Å². The monoisotopic (exact) mass is 338 g/mol. The van der Waals surface area contributed by atoms with Crippen molar-refractivity contribution in [1.29, 1.82) is 0 Å². The van der Waals surface area contributed by atoms with Gasteiger partial charge in [-0.15, -0.1) is 12.3 Å². The Labute approximate surface area is 149 Å². The van der Waals surface area contributed by atoms with Crippen LogP contribution in [0.4, 0.5) is 0 Å². The van der Waals surface area contributed by atoms with E-state index in [4.69, 9.17) is 6.42 Å². The van der Waals surface area contributed by atoms with Crippen LogP contribution in [0.3, 0.4) is 0 Å². The van der Waals surface area contributed by atoms with Gasteiger partial charge in [-0.05, 0) is 18.5 Å². The third kappa shape index (κ3) is 4.67. The lowest BCUT2D eigenvalue weighted by Gasteiger charge is -2.19. The molecule has 25 heavy (non-hydrogen) atoms. The van der Waals surface area contributed by atoms with Crippen LogP contribution >= 0.6 is 0 Å². The smallest absolute Gasteiger partial charge is 0.220 e. The normalized spacial score (nSPS) is 24.0. The first kappa shape index (κ1) is 17.6. The Bertz CT molecular complexity index is 658. The van der Waals surface area contributed by atoms with Crippen LogP contribution < -0.4 is 5.32 Å². The number of carbonyl (C=O) groups is 1. The van der Waals surface area contributed by atoms with Gasteiger partial charge in [0.2, 0.25) is 5.91 Å². The van der Waals surface area contributed by atoms with E-state index < -0.39 is 0 Å². The number of hydrogen-bond donors (Lipinski definition) is 1. The number of hydrogen-bond acceptors (Lipinski definition) is 4. The summed E-state index contributed by atoms with van der Waals surface area (Å²) in [6.45, 7) is 2.77. The zero-order valence-corrected chi connectivity index (χ0v) is 14.8. The first-order valence-electron chi connectivity index (χ1n) is 8.99. The van der Waals surface area contributed by atoms with E-state index >= 15 is 0 Å². The standard InChI is InChI=1S/C20H26N4O/c1-3-4-11-20(22-23-20)12-10-19(25)21-13-17-14-24(2)15-18(17)16-8-6-5-7-9-16/h1,5-9,17-18H,4,10-15H2,2H3,(H,21,25)/t17-,18+/m1/s1. The second-order valence-corrected chi connectivity index (χ2v) is 7.19. The maximum Gasteiger partial charge on any atom is 0.220 e. The molecule has 0 saturated carbocycles. The van der Waals surface area contributed by atoms with Crippen LogP contribution in [0.25, 0.3) is 0 Å². The van der Waals surface area contributed by atoms with Crippen molar-refractivity contribution in [3.63, 3.8) is 0 Å². The molecule has 0 spiro atoms. The van der Waals surface area contributed by atoms with E-state index in [9.17, 15) is 4.79 Å². The molecule has 0 bridgehead atoms. The van der Waals surface area contributed by atoms with E-state index in [1.54, 1.807) is 0 Å². The SMILES string of the molecule is C#CCCC1(CCC(=O)NC[C@@H]2CN(C)C[C@H]2c2ccccc2)N=N1. The Hall–Kier alpha value is -2.19. The summed E-state index contributed by atoms with van der Waals surface area (Å²) < 4.78 is 0. The number of carbonyl (C=O) groups excluding carboxylic acids is 1. The van der Waals surface area contributed by atoms with Gasteiger partial charge in [-0.3, -0.25) is 4.79 Å². The molecule has 1 N–H and O–H groups in total. The highest BCUT2D eigenvalue weighted by Crippen LogP contribution is 2.37. The minimum atomic E-state index is -0.371. The fourth-order valence-electron chi connectivity index (χ4n) is 3.69. The zero-order chi connectivity index (χ0) is 17.7. The molecular weight excluding hydrogens is 312 g/mol. The van der Waals surface area contributed by atoms with Gasteiger partial charge in [0, 0.05) is 51.2 Å². The second-order valence-electron chi connectivity index (χ2n) is 7.19. The van der Waals surface area contributed by atoms with Crippen LogP contribution in [0.1, 0.15) is 37.2 Å². The Morgan fingerprint density at radius 3 is 2.76 bits per heavy atom. The van der Waals surface area contributed by atoms with Gasteiger partial charge in [-0.1, -0.05) is 30.3 Å². The van der Waals surface area contributed by atoms with E-state index in [0.29, 0.717) is 37.6 Å². The summed E-state index contributed by atoms with van der Waals surface area (Å²) in [6, 6.07) is 10.6. The van der Waals surface area contributed by atoms with Crippen LogP contribution in [0.15, 0.2) is 40.6 Å². The molecule has 1 aromatic carbocycles. The summed E-state index contributed by atoms with van der Waals surface area (Å²) in [6.07, 6.45) is 7.81. The number of nitrogens with zero attached hydrogens (tertiary/aromatic N) is 3. The second kappa shape index (κ2) is 7.79. The topological polar surface area (TPSA) is 57.1 Å². The lowest BCUT2D eigenvalue weighted by molar-refractivity contribution is -0.121. The van der Waals surface area contributed by atoms with Crippen LogP contribution in [-0.2, 0) is 4.79 Å². The van der Waals surface area contributed by atoms with E-state index in [0.717, 1.165) is 19.5 Å². The molecule has 2 aliphatic rings. The van der Waals surface area contributed by atoms with Crippen molar-refractivity contribution in [3.8, 4) is 12.3 Å². The van der Waals surface area contributed by atoms with Crippen molar-refractivity contribution in [3.05, 3.63) is 35.9 Å². The number of nitrogens with one attached hydrogen (secondary N) is 1. The number of likely N-dealkylation sites (tertiary alicyclic amines) is 1. The van der Waals surface area contributed by atoms with Gasteiger partial charge < -0.3 is 10.2 Å². The Kier molecular flexibility index (Phi) is 5.50. The summed E-state index contributed by atoms with van der Waals surface area (Å²) in [5.41, 5.74) is 0.985. The summed E-state index contributed by atoms with van der Waals surface area (Å²) >= 11 is 0. The summed E-state index contributed by atoms with van der Waals surface area (Å²) in [7, 11) is 2.14. The molecule has 1 amide bonds. The molecule has 3 rings (SSSR count). The van der Waals surface area contributed by atoms with Gasteiger partial charge in [0.25, 0.3) is 0 Å². The minimum Gasteiger partial charge on any atom is -0.356 e. The number of amides is 1. The zero-order valence-electron chi connectivity index (χ0n) is 14.8. The van der Waals surface area contributed by atoms with Crippen molar-refractivity contribution in [2.24, 2.45) is 16.1 Å². The predicted molar refractivity (Wildman–Crippen MR) is 98.1 cm³/mol. The van der Waals surface area contributed by atoms with Gasteiger partial charge in [0.1, 0.15) is 0 Å².